The Labute approximate surface area is 129 Å². The second-order valence-corrected chi connectivity index (χ2v) is 8.12. The Morgan fingerprint density at radius 2 is 2.05 bits per heavy atom. The SMILES string of the molecule is Cc1ccc2cc(C(=O)NC3CCS(=O)(=O)C3)c(C)nc2c1. The number of benzene rings is 1. The number of hydrogen-bond acceptors (Lipinski definition) is 4. The Morgan fingerprint density at radius 1 is 1.27 bits per heavy atom. The lowest BCUT2D eigenvalue weighted by Gasteiger charge is -2.13. The summed E-state index contributed by atoms with van der Waals surface area (Å²) < 4.78 is 22.9. The number of pyridine rings is 1. The van der Waals surface area contributed by atoms with Crippen molar-refractivity contribution in [1.82, 2.24) is 10.3 Å². The highest BCUT2D eigenvalue weighted by Gasteiger charge is 2.29. The van der Waals surface area contributed by atoms with Crippen molar-refractivity contribution in [3.63, 3.8) is 0 Å². The number of nitrogens with one attached hydrogen (secondary N) is 1. The molecule has 0 saturated carbocycles. The van der Waals surface area contributed by atoms with Gasteiger partial charge in [0.1, 0.15) is 0 Å². The normalized spacial score (nSPS) is 20.2. The zero-order valence-electron chi connectivity index (χ0n) is 12.6. The van der Waals surface area contributed by atoms with Gasteiger partial charge >= 0.3 is 0 Å². The third kappa shape index (κ3) is 2.97. The number of hydrogen-bond donors (Lipinski definition) is 1. The third-order valence-electron chi connectivity index (χ3n) is 3.98. The molecule has 3 rings (SSSR count). The maximum absolute atomic E-state index is 12.4. The quantitative estimate of drug-likeness (QED) is 0.915. The van der Waals surface area contributed by atoms with Gasteiger partial charge in [-0.2, -0.15) is 0 Å². The summed E-state index contributed by atoms with van der Waals surface area (Å²) in [6, 6.07) is 7.41. The van der Waals surface area contributed by atoms with E-state index < -0.39 is 9.84 Å². The number of aryl methyl sites for hydroxylation is 2. The first-order chi connectivity index (χ1) is 10.3. The van der Waals surface area contributed by atoms with E-state index in [-0.39, 0.29) is 23.5 Å². The topological polar surface area (TPSA) is 76.1 Å². The molecule has 1 atom stereocenters. The van der Waals surface area contributed by atoms with E-state index >= 15 is 0 Å². The first kappa shape index (κ1) is 15.0. The van der Waals surface area contributed by atoms with Crippen LogP contribution in [0.5, 0.6) is 0 Å². The first-order valence-electron chi connectivity index (χ1n) is 7.23. The van der Waals surface area contributed by atoms with Crippen LogP contribution in [-0.2, 0) is 9.84 Å². The summed E-state index contributed by atoms with van der Waals surface area (Å²) in [6.45, 7) is 3.79. The Hall–Kier alpha value is -1.95. The van der Waals surface area contributed by atoms with Gasteiger partial charge in [0.2, 0.25) is 0 Å². The number of carbonyl (C=O) groups excluding carboxylic acids is 1. The first-order valence-corrected chi connectivity index (χ1v) is 9.05. The number of nitrogens with zero attached hydrogens (tertiary/aromatic N) is 1. The molecule has 1 N–H and O–H groups in total. The zero-order chi connectivity index (χ0) is 15.9. The third-order valence-corrected chi connectivity index (χ3v) is 5.74. The molecule has 5 nitrogen and oxygen atoms in total. The van der Waals surface area contributed by atoms with Crippen LogP contribution in [0.3, 0.4) is 0 Å². The standard InChI is InChI=1S/C16H18N2O3S/c1-10-3-4-12-8-14(11(2)17-15(12)7-10)16(19)18-13-5-6-22(20,21)9-13/h3-4,7-8,13H,5-6,9H2,1-2H3,(H,18,19). The lowest BCUT2D eigenvalue weighted by molar-refractivity contribution is 0.0940. The monoisotopic (exact) mass is 318 g/mol. The van der Waals surface area contributed by atoms with Gasteiger partial charge in [-0.15, -0.1) is 0 Å². The number of sulfone groups is 1. The Bertz CT molecular complexity index is 859. The Balaban J connectivity index is 1.88. The van der Waals surface area contributed by atoms with Crippen molar-refractivity contribution in [2.24, 2.45) is 0 Å². The molecule has 1 aliphatic rings. The molecule has 6 heteroatoms. The Morgan fingerprint density at radius 3 is 2.73 bits per heavy atom. The minimum atomic E-state index is -3.00. The van der Waals surface area contributed by atoms with Gasteiger partial charge < -0.3 is 5.32 Å². The minimum absolute atomic E-state index is 0.0258. The fourth-order valence-corrected chi connectivity index (χ4v) is 4.45. The molecule has 0 spiro atoms. The average Bonchev–Trinajstić information content (AvgIpc) is 2.76. The smallest absolute Gasteiger partial charge is 0.253 e. The molecule has 1 saturated heterocycles. The second kappa shape index (κ2) is 5.35. The Kier molecular flexibility index (Phi) is 3.64. The van der Waals surface area contributed by atoms with Crippen LogP contribution in [0.4, 0.5) is 0 Å². The number of aromatic nitrogens is 1. The maximum Gasteiger partial charge on any atom is 0.253 e. The molecule has 1 unspecified atom stereocenters. The van der Waals surface area contributed by atoms with Crippen LogP contribution >= 0.6 is 0 Å². The van der Waals surface area contributed by atoms with Crippen LogP contribution in [0, 0.1) is 13.8 Å². The molecule has 116 valence electrons. The van der Waals surface area contributed by atoms with E-state index in [9.17, 15) is 13.2 Å². The maximum atomic E-state index is 12.4. The van der Waals surface area contributed by atoms with Gasteiger partial charge in [-0.25, -0.2) is 8.42 Å². The summed E-state index contributed by atoms with van der Waals surface area (Å²) in [5.41, 5.74) is 3.13. The molecule has 22 heavy (non-hydrogen) atoms. The van der Waals surface area contributed by atoms with Gasteiger partial charge in [-0.1, -0.05) is 12.1 Å². The lowest BCUT2D eigenvalue weighted by atomic mass is 10.1. The fraction of sp³-hybridized carbons (Fsp3) is 0.375. The van der Waals surface area contributed by atoms with Crippen molar-refractivity contribution in [3.05, 3.63) is 41.1 Å². The second-order valence-electron chi connectivity index (χ2n) is 5.89. The molecular weight excluding hydrogens is 300 g/mol. The predicted octanol–water partition coefficient (Wildman–Crippen LogP) is 1.77. The number of rotatable bonds is 2. The van der Waals surface area contributed by atoms with Gasteiger partial charge in [-0.3, -0.25) is 9.78 Å². The number of fused-ring (bicyclic) bond motifs is 1. The van der Waals surface area contributed by atoms with E-state index in [1.807, 2.05) is 31.2 Å². The van der Waals surface area contributed by atoms with Crippen molar-refractivity contribution in [1.29, 1.82) is 0 Å². The molecule has 0 aliphatic carbocycles. The fourth-order valence-electron chi connectivity index (χ4n) is 2.78. The molecule has 1 amide bonds. The minimum Gasteiger partial charge on any atom is -0.348 e. The van der Waals surface area contributed by atoms with Crippen molar-refractivity contribution >= 4 is 26.6 Å². The summed E-state index contributed by atoms with van der Waals surface area (Å²) in [7, 11) is -3.00. The summed E-state index contributed by atoms with van der Waals surface area (Å²) in [5.74, 6) is -0.0842. The summed E-state index contributed by atoms with van der Waals surface area (Å²) in [5, 5.41) is 3.71. The highest BCUT2D eigenvalue weighted by Crippen LogP contribution is 2.19. The van der Waals surface area contributed by atoms with Crippen molar-refractivity contribution in [3.8, 4) is 0 Å². The zero-order valence-corrected chi connectivity index (χ0v) is 13.4. The van der Waals surface area contributed by atoms with E-state index in [1.165, 1.54) is 0 Å². The number of carbonyl (C=O) groups is 1. The highest BCUT2D eigenvalue weighted by molar-refractivity contribution is 7.91. The van der Waals surface area contributed by atoms with E-state index in [0.29, 0.717) is 17.7 Å². The summed E-state index contributed by atoms with van der Waals surface area (Å²) in [6.07, 6.45) is 0.479. The van der Waals surface area contributed by atoms with Crippen LogP contribution in [0.25, 0.3) is 10.9 Å². The van der Waals surface area contributed by atoms with Crippen molar-refractivity contribution in [2.75, 3.05) is 11.5 Å². The molecule has 1 aliphatic heterocycles. The van der Waals surface area contributed by atoms with Crippen LogP contribution < -0.4 is 5.32 Å². The van der Waals surface area contributed by atoms with Gasteiger partial charge in [0.25, 0.3) is 5.91 Å². The number of amides is 1. The molecule has 2 heterocycles. The summed E-state index contributed by atoms with van der Waals surface area (Å²) in [4.78, 5) is 16.9. The van der Waals surface area contributed by atoms with Crippen LogP contribution in [0.15, 0.2) is 24.3 Å². The van der Waals surface area contributed by atoms with E-state index in [2.05, 4.69) is 10.3 Å². The lowest BCUT2D eigenvalue weighted by Crippen LogP contribution is -2.36. The predicted molar refractivity (Wildman–Crippen MR) is 85.7 cm³/mol. The van der Waals surface area contributed by atoms with Crippen LogP contribution in [-0.4, -0.2) is 36.9 Å². The molecule has 1 aromatic carbocycles. The van der Waals surface area contributed by atoms with Gasteiger partial charge in [0.05, 0.1) is 28.3 Å². The van der Waals surface area contributed by atoms with Crippen LogP contribution in [0.2, 0.25) is 0 Å². The van der Waals surface area contributed by atoms with Crippen molar-refractivity contribution in [2.45, 2.75) is 26.3 Å². The van der Waals surface area contributed by atoms with E-state index in [0.717, 1.165) is 16.5 Å². The molecule has 0 radical (unpaired) electrons. The molecule has 1 fully saturated rings. The molecule has 2 aromatic rings. The average molecular weight is 318 g/mol. The van der Waals surface area contributed by atoms with Crippen molar-refractivity contribution < 1.29 is 13.2 Å². The van der Waals surface area contributed by atoms with Gasteiger partial charge in [0.15, 0.2) is 9.84 Å². The van der Waals surface area contributed by atoms with E-state index in [4.69, 9.17) is 0 Å². The molecule has 0 bridgehead atoms. The van der Waals surface area contributed by atoms with Gasteiger partial charge in [0, 0.05) is 11.4 Å². The molecule has 1 aromatic heterocycles. The van der Waals surface area contributed by atoms with Gasteiger partial charge in [-0.05, 0) is 38.0 Å². The highest BCUT2D eigenvalue weighted by atomic mass is 32.2. The molecular formula is C16H18N2O3S. The van der Waals surface area contributed by atoms with E-state index in [1.54, 1.807) is 6.92 Å². The largest absolute Gasteiger partial charge is 0.348 e. The summed E-state index contributed by atoms with van der Waals surface area (Å²) >= 11 is 0. The van der Waals surface area contributed by atoms with Crippen LogP contribution in [0.1, 0.15) is 28.0 Å².